The van der Waals surface area contributed by atoms with Gasteiger partial charge >= 0.3 is 5.97 Å². The summed E-state index contributed by atoms with van der Waals surface area (Å²) >= 11 is 5.98. The summed E-state index contributed by atoms with van der Waals surface area (Å²) in [5, 5.41) is 9.43. The zero-order valence-corrected chi connectivity index (χ0v) is 9.58. The number of carboxylic acids is 1. The van der Waals surface area contributed by atoms with Gasteiger partial charge in [-0.15, -0.1) is 0 Å². The van der Waals surface area contributed by atoms with Gasteiger partial charge in [-0.05, 0) is 31.5 Å². The Morgan fingerprint density at radius 1 is 1.53 bits per heavy atom. The minimum absolute atomic E-state index is 0.00230. The number of carboxylic acid groups (broad SMARTS) is 1. The zero-order chi connectivity index (χ0) is 11.4. The van der Waals surface area contributed by atoms with Gasteiger partial charge < -0.3 is 10.0 Å². The van der Waals surface area contributed by atoms with E-state index < -0.39 is 5.97 Å². The van der Waals surface area contributed by atoms with E-state index >= 15 is 0 Å². The van der Waals surface area contributed by atoms with E-state index in [0.29, 0.717) is 11.6 Å². The number of anilines is 1. The summed E-state index contributed by atoms with van der Waals surface area (Å²) in [7, 11) is 0. The highest BCUT2D eigenvalue weighted by atomic mass is 35.5. The van der Waals surface area contributed by atoms with Gasteiger partial charge in [0, 0.05) is 17.3 Å². The number of halogens is 1. The molecule has 0 radical (unpaired) electrons. The number of hydrogen-bond donors (Lipinski definition) is 1. The minimum Gasteiger partial charge on any atom is -0.480 e. The fourth-order valence-corrected chi connectivity index (χ4v) is 1.64. The third-order valence-corrected chi connectivity index (χ3v) is 2.70. The second kappa shape index (κ2) is 5.03. The van der Waals surface area contributed by atoms with Crippen molar-refractivity contribution in [2.75, 3.05) is 18.0 Å². The second-order valence-corrected chi connectivity index (χ2v) is 3.70. The summed E-state index contributed by atoms with van der Waals surface area (Å²) in [6.45, 7) is 4.45. The van der Waals surface area contributed by atoms with Crippen LogP contribution in [-0.2, 0) is 4.79 Å². The Balaban J connectivity index is 3.01. The van der Waals surface area contributed by atoms with Crippen LogP contribution in [0.25, 0.3) is 0 Å². The van der Waals surface area contributed by atoms with Crippen LogP contribution in [0.5, 0.6) is 0 Å². The lowest BCUT2D eigenvalue weighted by molar-refractivity contribution is -0.135. The van der Waals surface area contributed by atoms with E-state index in [1.165, 1.54) is 0 Å². The lowest BCUT2D eigenvalue weighted by Gasteiger charge is -2.23. The topological polar surface area (TPSA) is 40.5 Å². The fourth-order valence-electron chi connectivity index (χ4n) is 1.47. The van der Waals surface area contributed by atoms with Gasteiger partial charge in [0.05, 0.1) is 0 Å². The summed E-state index contributed by atoms with van der Waals surface area (Å²) in [5.41, 5.74) is 1.80. The molecule has 0 bridgehead atoms. The van der Waals surface area contributed by atoms with Crippen molar-refractivity contribution in [1.29, 1.82) is 0 Å². The molecule has 0 aliphatic rings. The molecule has 1 aromatic carbocycles. The van der Waals surface area contributed by atoms with Crippen LogP contribution in [0, 0.1) is 6.92 Å². The molecule has 0 spiro atoms. The quantitative estimate of drug-likeness (QED) is 0.860. The van der Waals surface area contributed by atoms with Crippen LogP contribution in [0.1, 0.15) is 12.5 Å². The van der Waals surface area contributed by atoms with Crippen molar-refractivity contribution in [1.82, 2.24) is 0 Å². The summed E-state index contributed by atoms with van der Waals surface area (Å²) in [5.74, 6) is -0.837. The van der Waals surface area contributed by atoms with Gasteiger partial charge in [0.2, 0.25) is 0 Å². The average Bonchev–Trinajstić information content (AvgIpc) is 2.19. The van der Waals surface area contributed by atoms with Crippen LogP contribution >= 0.6 is 11.6 Å². The molecule has 4 heteroatoms. The van der Waals surface area contributed by atoms with E-state index in [-0.39, 0.29) is 6.54 Å². The first kappa shape index (κ1) is 11.9. The standard InChI is InChI=1S/C11H14ClNO2/c1-3-13(7-11(14)15)10-6-4-5-9(12)8(10)2/h4-6H,3,7H2,1-2H3,(H,14,15). The minimum atomic E-state index is -0.837. The molecule has 0 saturated carbocycles. The summed E-state index contributed by atoms with van der Waals surface area (Å²) in [6, 6.07) is 5.51. The number of hydrogen-bond acceptors (Lipinski definition) is 2. The molecule has 15 heavy (non-hydrogen) atoms. The number of benzene rings is 1. The zero-order valence-electron chi connectivity index (χ0n) is 8.83. The van der Waals surface area contributed by atoms with Gasteiger partial charge in [0.1, 0.15) is 6.54 Å². The Labute approximate surface area is 94.3 Å². The van der Waals surface area contributed by atoms with Crippen LogP contribution in [0.4, 0.5) is 5.69 Å². The molecule has 1 N–H and O–H groups in total. The average molecular weight is 228 g/mol. The maximum absolute atomic E-state index is 10.7. The molecule has 0 aliphatic heterocycles. The van der Waals surface area contributed by atoms with Crippen LogP contribution in [0.2, 0.25) is 5.02 Å². The number of carbonyl (C=O) groups is 1. The normalized spacial score (nSPS) is 10.1. The van der Waals surface area contributed by atoms with E-state index in [4.69, 9.17) is 16.7 Å². The highest BCUT2D eigenvalue weighted by Gasteiger charge is 2.11. The molecule has 1 aromatic rings. The smallest absolute Gasteiger partial charge is 0.323 e. The predicted molar refractivity (Wildman–Crippen MR) is 61.7 cm³/mol. The van der Waals surface area contributed by atoms with Gasteiger partial charge in [-0.1, -0.05) is 17.7 Å². The van der Waals surface area contributed by atoms with Crippen molar-refractivity contribution in [2.45, 2.75) is 13.8 Å². The van der Waals surface area contributed by atoms with Crippen LogP contribution in [0.3, 0.4) is 0 Å². The van der Waals surface area contributed by atoms with Crippen molar-refractivity contribution in [3.63, 3.8) is 0 Å². The van der Waals surface area contributed by atoms with Gasteiger partial charge in [0.25, 0.3) is 0 Å². The van der Waals surface area contributed by atoms with Crippen molar-refractivity contribution in [3.05, 3.63) is 28.8 Å². The molecule has 0 aliphatic carbocycles. The van der Waals surface area contributed by atoms with Crippen LogP contribution in [0.15, 0.2) is 18.2 Å². The Morgan fingerprint density at radius 3 is 2.73 bits per heavy atom. The molecule has 0 amide bonds. The lowest BCUT2D eigenvalue weighted by Crippen LogP contribution is -2.29. The predicted octanol–water partition coefficient (Wildman–Crippen LogP) is 2.56. The van der Waals surface area contributed by atoms with Gasteiger partial charge in [0.15, 0.2) is 0 Å². The lowest BCUT2D eigenvalue weighted by atomic mass is 10.2. The third-order valence-electron chi connectivity index (χ3n) is 2.29. The van der Waals surface area contributed by atoms with E-state index in [1.807, 2.05) is 26.0 Å². The van der Waals surface area contributed by atoms with E-state index in [1.54, 1.807) is 11.0 Å². The largest absolute Gasteiger partial charge is 0.480 e. The summed E-state index contributed by atoms with van der Waals surface area (Å²) in [6.07, 6.45) is 0. The highest BCUT2D eigenvalue weighted by Crippen LogP contribution is 2.26. The first-order chi connectivity index (χ1) is 7.06. The number of nitrogens with zero attached hydrogens (tertiary/aromatic N) is 1. The molecule has 0 fully saturated rings. The van der Waals surface area contributed by atoms with Crippen molar-refractivity contribution < 1.29 is 9.90 Å². The molecule has 0 saturated heterocycles. The Hall–Kier alpha value is -1.22. The van der Waals surface area contributed by atoms with Crippen LogP contribution < -0.4 is 4.90 Å². The molecule has 0 atom stereocenters. The Bertz CT molecular complexity index is 366. The van der Waals surface area contributed by atoms with E-state index in [2.05, 4.69) is 0 Å². The monoisotopic (exact) mass is 227 g/mol. The molecule has 82 valence electrons. The fraction of sp³-hybridized carbons (Fsp3) is 0.364. The van der Waals surface area contributed by atoms with Gasteiger partial charge in [-0.2, -0.15) is 0 Å². The van der Waals surface area contributed by atoms with Crippen molar-refractivity contribution in [3.8, 4) is 0 Å². The molecule has 1 rings (SSSR count). The second-order valence-electron chi connectivity index (χ2n) is 3.29. The molecular formula is C11H14ClNO2. The molecule has 0 aromatic heterocycles. The maximum Gasteiger partial charge on any atom is 0.323 e. The van der Waals surface area contributed by atoms with Gasteiger partial charge in [-0.25, -0.2) is 0 Å². The summed E-state index contributed by atoms with van der Waals surface area (Å²) < 4.78 is 0. The third kappa shape index (κ3) is 2.86. The summed E-state index contributed by atoms with van der Waals surface area (Å²) in [4.78, 5) is 12.4. The first-order valence-corrected chi connectivity index (χ1v) is 5.16. The molecule has 0 unspecified atom stereocenters. The number of rotatable bonds is 4. The first-order valence-electron chi connectivity index (χ1n) is 4.78. The SMILES string of the molecule is CCN(CC(=O)O)c1cccc(Cl)c1C. The van der Waals surface area contributed by atoms with Crippen molar-refractivity contribution in [2.24, 2.45) is 0 Å². The van der Waals surface area contributed by atoms with Crippen molar-refractivity contribution >= 4 is 23.3 Å². The molecule has 3 nitrogen and oxygen atoms in total. The van der Waals surface area contributed by atoms with E-state index in [0.717, 1.165) is 11.3 Å². The highest BCUT2D eigenvalue weighted by molar-refractivity contribution is 6.31. The molecular weight excluding hydrogens is 214 g/mol. The maximum atomic E-state index is 10.7. The van der Waals surface area contributed by atoms with Gasteiger partial charge in [-0.3, -0.25) is 4.79 Å². The number of aliphatic carboxylic acids is 1. The molecule has 0 heterocycles. The number of likely N-dealkylation sites (N-methyl/N-ethyl adjacent to an activating group) is 1. The Kier molecular flexibility index (Phi) is 3.97. The van der Waals surface area contributed by atoms with Crippen LogP contribution in [-0.4, -0.2) is 24.2 Å². The van der Waals surface area contributed by atoms with E-state index in [9.17, 15) is 4.79 Å². The Morgan fingerprint density at radius 2 is 2.20 bits per heavy atom.